The van der Waals surface area contributed by atoms with Crippen molar-refractivity contribution in [2.45, 2.75) is 46.0 Å². The maximum Gasteiger partial charge on any atom is 0.278 e. The van der Waals surface area contributed by atoms with Crippen molar-refractivity contribution in [2.24, 2.45) is 0 Å². The predicted octanol–water partition coefficient (Wildman–Crippen LogP) is 5.50. The van der Waals surface area contributed by atoms with E-state index in [0.29, 0.717) is 35.3 Å². The lowest BCUT2D eigenvalue weighted by Crippen LogP contribution is -2.44. The van der Waals surface area contributed by atoms with Crippen molar-refractivity contribution in [3.63, 3.8) is 0 Å². The zero-order chi connectivity index (χ0) is 29.9. The van der Waals surface area contributed by atoms with E-state index in [1.165, 1.54) is 0 Å². The first-order valence-electron chi connectivity index (χ1n) is 15.1. The van der Waals surface area contributed by atoms with Crippen LogP contribution in [0.3, 0.4) is 0 Å². The molecule has 1 amide bonds. The first kappa shape index (κ1) is 28.7. The van der Waals surface area contributed by atoms with Crippen LogP contribution in [0, 0.1) is 0 Å². The largest absolute Gasteiger partial charge is 0.494 e. The number of ether oxygens (including phenoxy) is 1. The third-order valence-electron chi connectivity index (χ3n) is 8.49. The molecule has 0 spiro atoms. The van der Waals surface area contributed by atoms with Crippen LogP contribution in [-0.2, 0) is 25.7 Å². The summed E-state index contributed by atoms with van der Waals surface area (Å²) in [4.78, 5) is 27.7. The number of fused-ring (bicyclic) bond motifs is 3. The Balaban J connectivity index is 1.27. The molecule has 6 rings (SSSR count). The summed E-state index contributed by atoms with van der Waals surface area (Å²) in [7, 11) is 3.82. The first-order chi connectivity index (χ1) is 21.0. The molecule has 10 heteroatoms. The minimum Gasteiger partial charge on any atom is -0.494 e. The number of nitrogens with zero attached hydrogens (tertiary/aromatic N) is 5. The highest BCUT2D eigenvalue weighted by molar-refractivity contribution is 6.05. The number of benzene rings is 2. The molecule has 1 fully saturated rings. The highest BCUT2D eigenvalue weighted by atomic mass is 16.5. The van der Waals surface area contributed by atoms with Crippen molar-refractivity contribution in [3.8, 4) is 17.2 Å². The molecular formula is C33H39N7O3. The number of carbonyl (C=O) groups excluding carboxylic acids is 1. The molecule has 224 valence electrons. The summed E-state index contributed by atoms with van der Waals surface area (Å²) < 4.78 is 11.6. The van der Waals surface area contributed by atoms with Gasteiger partial charge < -0.3 is 29.7 Å². The van der Waals surface area contributed by atoms with E-state index in [1.54, 1.807) is 7.11 Å². The predicted molar refractivity (Wildman–Crippen MR) is 169 cm³/mol. The van der Waals surface area contributed by atoms with Gasteiger partial charge in [0.2, 0.25) is 5.95 Å². The lowest BCUT2D eigenvalue weighted by atomic mass is 10.0. The van der Waals surface area contributed by atoms with Crippen molar-refractivity contribution in [3.05, 3.63) is 70.5 Å². The number of aromatic nitrogens is 3. The van der Waals surface area contributed by atoms with E-state index in [9.17, 15) is 4.79 Å². The fraction of sp³-hybridized carbons (Fsp3) is 0.394. The van der Waals surface area contributed by atoms with Gasteiger partial charge in [-0.15, -0.1) is 0 Å². The smallest absolute Gasteiger partial charge is 0.278 e. The van der Waals surface area contributed by atoms with Crippen molar-refractivity contribution < 1.29 is 14.1 Å². The Hall–Kier alpha value is -4.44. The number of methoxy groups -OCH3 is 1. The molecule has 0 radical (unpaired) electrons. The topological polar surface area (TPSA) is 109 Å². The second-order valence-electron chi connectivity index (χ2n) is 11.2. The number of hydrogen-bond donors (Lipinski definition) is 2. The molecule has 0 bridgehead atoms. The van der Waals surface area contributed by atoms with Crippen LogP contribution in [0.4, 0.5) is 23.0 Å². The molecule has 0 saturated carbocycles. The number of anilines is 4. The monoisotopic (exact) mass is 581 g/mol. The quantitative estimate of drug-likeness (QED) is 0.279. The summed E-state index contributed by atoms with van der Waals surface area (Å²) in [6.07, 6.45) is 5.76. The van der Waals surface area contributed by atoms with Crippen LogP contribution in [-0.4, -0.2) is 66.3 Å². The minimum absolute atomic E-state index is 0.262. The Morgan fingerprint density at radius 2 is 1.81 bits per heavy atom. The van der Waals surface area contributed by atoms with Crippen LogP contribution in [0.5, 0.6) is 5.75 Å². The van der Waals surface area contributed by atoms with Crippen LogP contribution < -0.4 is 20.3 Å². The Kier molecular flexibility index (Phi) is 8.29. The molecule has 0 unspecified atom stereocenters. The maximum atomic E-state index is 13.5. The molecule has 2 aromatic carbocycles. The molecule has 1 aliphatic heterocycles. The molecular weight excluding hydrogens is 542 g/mol. The SMILES string of the molecule is CCc1cccc(CC)c1NC(=O)c1noc2c1CCCc1cnc(Nc3ccc(N4CCN(C)CC4)cc3OC)nc1-2. The van der Waals surface area contributed by atoms with Gasteiger partial charge in [-0.05, 0) is 62.4 Å². The van der Waals surface area contributed by atoms with E-state index in [2.05, 4.69) is 75.7 Å². The van der Waals surface area contributed by atoms with Crippen molar-refractivity contribution in [2.75, 3.05) is 55.9 Å². The van der Waals surface area contributed by atoms with Gasteiger partial charge in [0.1, 0.15) is 11.4 Å². The summed E-state index contributed by atoms with van der Waals surface area (Å²) in [5.74, 6) is 1.40. The van der Waals surface area contributed by atoms with E-state index in [1.807, 2.05) is 18.3 Å². The second-order valence-corrected chi connectivity index (χ2v) is 11.2. The van der Waals surface area contributed by atoms with Gasteiger partial charge in [-0.1, -0.05) is 37.2 Å². The summed E-state index contributed by atoms with van der Waals surface area (Å²) in [6.45, 7) is 8.20. The van der Waals surface area contributed by atoms with E-state index >= 15 is 0 Å². The third kappa shape index (κ3) is 5.79. The Morgan fingerprint density at radius 1 is 1.05 bits per heavy atom. The average Bonchev–Trinajstić information content (AvgIpc) is 3.37. The molecule has 4 aromatic rings. The number of likely N-dealkylation sites (N-methyl/N-ethyl adjacent to an activating group) is 1. The van der Waals surface area contributed by atoms with Gasteiger partial charge in [0, 0.05) is 60.9 Å². The molecule has 1 aliphatic carbocycles. The number of rotatable bonds is 8. The van der Waals surface area contributed by atoms with Gasteiger partial charge >= 0.3 is 0 Å². The lowest BCUT2D eigenvalue weighted by molar-refractivity contribution is 0.101. The third-order valence-corrected chi connectivity index (χ3v) is 8.49. The van der Waals surface area contributed by atoms with Crippen molar-refractivity contribution in [1.29, 1.82) is 0 Å². The van der Waals surface area contributed by atoms with Crippen LogP contribution >= 0.6 is 0 Å². The van der Waals surface area contributed by atoms with E-state index < -0.39 is 0 Å². The number of para-hydroxylation sites is 1. The minimum atomic E-state index is -0.262. The van der Waals surface area contributed by atoms with Crippen LogP contribution in [0.25, 0.3) is 11.5 Å². The van der Waals surface area contributed by atoms with Crippen LogP contribution in [0.15, 0.2) is 47.1 Å². The molecule has 2 aliphatic rings. The molecule has 1 saturated heterocycles. The van der Waals surface area contributed by atoms with Gasteiger partial charge in [0.15, 0.2) is 11.5 Å². The van der Waals surface area contributed by atoms with Crippen molar-refractivity contribution in [1.82, 2.24) is 20.0 Å². The van der Waals surface area contributed by atoms with Gasteiger partial charge in [0.25, 0.3) is 5.91 Å². The normalized spacial score (nSPS) is 14.9. The number of hydrogen-bond acceptors (Lipinski definition) is 9. The highest BCUT2D eigenvalue weighted by Crippen LogP contribution is 2.36. The molecule has 3 heterocycles. The first-order valence-corrected chi connectivity index (χ1v) is 15.1. The molecule has 10 nitrogen and oxygen atoms in total. The number of aryl methyl sites for hydroxylation is 3. The van der Waals surface area contributed by atoms with E-state index in [4.69, 9.17) is 14.2 Å². The van der Waals surface area contributed by atoms with Gasteiger partial charge in [-0.2, -0.15) is 0 Å². The molecule has 2 aromatic heterocycles. The number of carbonyl (C=O) groups is 1. The molecule has 43 heavy (non-hydrogen) atoms. The standard InChI is InChI=1S/C33H39N7O3/c1-5-21-9-7-10-22(6-2)28(21)36-32(41)30-25-12-8-11-23-20-34-33(37-29(23)31(25)43-38-30)35-26-14-13-24(19-27(26)42-4)40-17-15-39(3)16-18-40/h7,9-10,13-14,19-20H,5-6,8,11-12,15-18H2,1-4H3,(H,36,41)(H,34,35,37). The van der Waals surface area contributed by atoms with Crippen LogP contribution in [0.1, 0.15) is 53.0 Å². The average molecular weight is 582 g/mol. The zero-order valence-corrected chi connectivity index (χ0v) is 25.4. The van der Waals surface area contributed by atoms with Crippen LogP contribution in [0.2, 0.25) is 0 Å². The number of piperazine rings is 1. The van der Waals surface area contributed by atoms with E-state index in [0.717, 1.165) is 91.2 Å². The second kappa shape index (κ2) is 12.4. The Morgan fingerprint density at radius 3 is 2.53 bits per heavy atom. The fourth-order valence-corrected chi connectivity index (χ4v) is 5.95. The molecule has 2 N–H and O–H groups in total. The summed E-state index contributed by atoms with van der Waals surface area (Å²) >= 11 is 0. The Labute approximate surface area is 252 Å². The maximum absolute atomic E-state index is 13.5. The summed E-state index contributed by atoms with van der Waals surface area (Å²) in [6, 6.07) is 12.3. The highest BCUT2D eigenvalue weighted by Gasteiger charge is 2.29. The van der Waals surface area contributed by atoms with Crippen molar-refractivity contribution >= 4 is 28.9 Å². The van der Waals surface area contributed by atoms with E-state index in [-0.39, 0.29) is 5.91 Å². The van der Waals surface area contributed by atoms with Gasteiger partial charge in [0.05, 0.1) is 12.8 Å². The Bertz CT molecular complexity index is 1600. The fourth-order valence-electron chi connectivity index (χ4n) is 5.95. The summed E-state index contributed by atoms with van der Waals surface area (Å²) in [5, 5.41) is 10.7. The number of amides is 1. The zero-order valence-electron chi connectivity index (χ0n) is 25.4. The molecule has 0 atom stereocenters. The number of nitrogens with one attached hydrogen (secondary N) is 2. The summed E-state index contributed by atoms with van der Waals surface area (Å²) in [5.41, 5.74) is 7.68. The van der Waals surface area contributed by atoms with Gasteiger partial charge in [-0.25, -0.2) is 9.97 Å². The van der Waals surface area contributed by atoms with Gasteiger partial charge in [-0.3, -0.25) is 4.79 Å². The lowest BCUT2D eigenvalue weighted by Gasteiger charge is -2.34.